The van der Waals surface area contributed by atoms with Gasteiger partial charge in [0.25, 0.3) is 0 Å². The third-order valence-corrected chi connectivity index (χ3v) is 9.33. The van der Waals surface area contributed by atoms with E-state index in [1.54, 1.807) is 0 Å². The molecule has 2 atom stereocenters. The van der Waals surface area contributed by atoms with Crippen molar-refractivity contribution in [2.24, 2.45) is 5.92 Å². The van der Waals surface area contributed by atoms with Crippen molar-refractivity contribution >= 4 is 11.9 Å². The molecular formula is C40H78O4. The van der Waals surface area contributed by atoms with Crippen LogP contribution in [0, 0.1) is 5.92 Å². The van der Waals surface area contributed by atoms with Crippen molar-refractivity contribution in [2.45, 2.75) is 233 Å². The van der Waals surface area contributed by atoms with Gasteiger partial charge >= 0.3 is 11.9 Å². The van der Waals surface area contributed by atoms with Gasteiger partial charge in [0.15, 0.2) is 0 Å². The quantitative estimate of drug-likeness (QED) is 0.0521. The second-order valence-electron chi connectivity index (χ2n) is 13.7. The molecule has 0 unspecified atom stereocenters. The summed E-state index contributed by atoms with van der Waals surface area (Å²) < 4.78 is 11.6. The molecule has 0 aromatic heterocycles. The fourth-order valence-electron chi connectivity index (χ4n) is 6.24. The van der Waals surface area contributed by atoms with Gasteiger partial charge in [-0.15, -0.1) is 0 Å². The summed E-state index contributed by atoms with van der Waals surface area (Å²) in [7, 11) is 0. The molecule has 0 radical (unpaired) electrons. The van der Waals surface area contributed by atoms with Gasteiger partial charge in [-0.1, -0.05) is 188 Å². The lowest BCUT2D eigenvalue weighted by atomic mass is 9.96. The molecular weight excluding hydrogens is 544 g/mol. The van der Waals surface area contributed by atoms with Crippen LogP contribution in [-0.4, -0.2) is 24.6 Å². The zero-order chi connectivity index (χ0) is 32.4. The van der Waals surface area contributed by atoms with Crippen LogP contribution in [0.1, 0.15) is 227 Å². The van der Waals surface area contributed by atoms with E-state index in [1.807, 2.05) is 0 Å². The molecule has 0 aliphatic rings. The van der Waals surface area contributed by atoms with Crippen LogP contribution in [0.4, 0.5) is 0 Å². The van der Waals surface area contributed by atoms with Crippen molar-refractivity contribution in [3.05, 3.63) is 0 Å². The van der Waals surface area contributed by atoms with Gasteiger partial charge in [-0.25, -0.2) is 0 Å². The first-order chi connectivity index (χ1) is 21.6. The van der Waals surface area contributed by atoms with Crippen LogP contribution < -0.4 is 0 Å². The number of carbonyl (C=O) groups excluding carboxylic acids is 2. The van der Waals surface area contributed by atoms with Crippen molar-refractivity contribution in [1.82, 2.24) is 0 Å². The number of hydrogen-bond donors (Lipinski definition) is 0. The maximum absolute atomic E-state index is 12.6. The van der Waals surface area contributed by atoms with E-state index in [4.69, 9.17) is 9.47 Å². The van der Waals surface area contributed by atoms with Crippen LogP contribution in [0.5, 0.6) is 0 Å². The molecule has 4 nitrogen and oxygen atoms in total. The molecule has 0 aliphatic heterocycles. The Balaban J connectivity index is 3.88. The maximum Gasteiger partial charge on any atom is 0.306 e. The first-order valence-corrected chi connectivity index (χ1v) is 19.9. The molecule has 0 N–H and O–H groups in total. The van der Waals surface area contributed by atoms with Gasteiger partial charge in [-0.3, -0.25) is 9.59 Å². The summed E-state index contributed by atoms with van der Waals surface area (Å²) >= 11 is 0. The Morgan fingerprint density at radius 2 is 0.773 bits per heavy atom. The van der Waals surface area contributed by atoms with Crippen LogP contribution >= 0.6 is 0 Å². The highest BCUT2D eigenvalue weighted by atomic mass is 16.6. The molecule has 0 aromatic rings. The Hall–Kier alpha value is -1.06. The minimum absolute atomic E-state index is 0.0803. The predicted octanol–water partition coefficient (Wildman–Crippen LogP) is 13.2. The van der Waals surface area contributed by atoms with Crippen LogP contribution in [0.25, 0.3) is 0 Å². The lowest BCUT2D eigenvalue weighted by Crippen LogP contribution is -2.30. The zero-order valence-corrected chi connectivity index (χ0v) is 30.4. The lowest BCUT2D eigenvalue weighted by Gasteiger charge is -2.26. The van der Waals surface area contributed by atoms with Crippen LogP contribution in [0.3, 0.4) is 0 Å². The van der Waals surface area contributed by atoms with E-state index in [0.29, 0.717) is 19.4 Å². The number of unbranched alkanes of at least 4 members (excludes halogenated alkanes) is 24. The molecule has 0 rings (SSSR count). The van der Waals surface area contributed by atoms with E-state index in [-0.39, 0.29) is 24.0 Å². The van der Waals surface area contributed by atoms with E-state index in [2.05, 4.69) is 27.7 Å². The number of esters is 2. The Morgan fingerprint density at radius 3 is 1.11 bits per heavy atom. The first-order valence-electron chi connectivity index (χ1n) is 19.9. The monoisotopic (exact) mass is 623 g/mol. The largest absolute Gasteiger partial charge is 0.465 e. The Morgan fingerprint density at radius 1 is 0.432 bits per heavy atom. The maximum atomic E-state index is 12.6. The Bertz CT molecular complexity index is 604. The Kier molecular flexibility index (Phi) is 34.0. The third-order valence-electron chi connectivity index (χ3n) is 9.33. The number of carbonyl (C=O) groups is 2. The molecule has 0 saturated carbocycles. The summed E-state index contributed by atoms with van der Waals surface area (Å²) in [6, 6.07) is 0. The molecule has 0 heterocycles. The van der Waals surface area contributed by atoms with E-state index in [9.17, 15) is 9.59 Å². The van der Waals surface area contributed by atoms with Crippen molar-refractivity contribution < 1.29 is 19.1 Å². The van der Waals surface area contributed by atoms with Gasteiger partial charge in [0, 0.05) is 18.8 Å². The second-order valence-corrected chi connectivity index (χ2v) is 13.7. The highest BCUT2D eigenvalue weighted by Gasteiger charge is 2.24. The average Bonchev–Trinajstić information content (AvgIpc) is 3.02. The van der Waals surface area contributed by atoms with Gasteiger partial charge < -0.3 is 9.47 Å². The third kappa shape index (κ3) is 29.6. The molecule has 0 amide bonds. The van der Waals surface area contributed by atoms with Gasteiger partial charge in [-0.05, 0) is 25.7 Å². The van der Waals surface area contributed by atoms with Crippen molar-refractivity contribution in [2.75, 3.05) is 6.61 Å². The average molecular weight is 623 g/mol. The van der Waals surface area contributed by atoms with Gasteiger partial charge in [0.1, 0.15) is 6.10 Å². The molecule has 0 spiro atoms. The van der Waals surface area contributed by atoms with Crippen LogP contribution in [0.2, 0.25) is 0 Å². The zero-order valence-electron chi connectivity index (χ0n) is 30.4. The SMILES string of the molecule is CCCCCCCCCCCCCCCC(=O)OC[C@H](CC)[C@H](CCC)OC(=O)CCCCCCCCCCCCCCC. The molecule has 262 valence electrons. The van der Waals surface area contributed by atoms with Crippen molar-refractivity contribution in [3.63, 3.8) is 0 Å². The predicted molar refractivity (Wildman–Crippen MR) is 190 cm³/mol. The molecule has 44 heavy (non-hydrogen) atoms. The lowest BCUT2D eigenvalue weighted by molar-refractivity contribution is -0.156. The summed E-state index contributed by atoms with van der Waals surface area (Å²) in [6.07, 6.45) is 37.4. The van der Waals surface area contributed by atoms with E-state index in [1.165, 1.54) is 141 Å². The summed E-state index contributed by atoms with van der Waals surface area (Å²) in [6.45, 7) is 9.14. The summed E-state index contributed by atoms with van der Waals surface area (Å²) in [5.74, 6) is -0.0931. The Labute approximate surface area is 276 Å². The van der Waals surface area contributed by atoms with Crippen molar-refractivity contribution in [1.29, 1.82) is 0 Å². The smallest absolute Gasteiger partial charge is 0.306 e. The molecule has 0 aliphatic carbocycles. The summed E-state index contributed by atoms with van der Waals surface area (Å²) in [5.41, 5.74) is 0. The fraction of sp³-hybridized carbons (Fsp3) is 0.950. The first kappa shape index (κ1) is 42.9. The number of ether oxygens (including phenoxy) is 2. The van der Waals surface area contributed by atoms with Crippen LogP contribution in [0.15, 0.2) is 0 Å². The minimum atomic E-state index is -0.149. The molecule has 0 fully saturated rings. The molecule has 0 aromatic carbocycles. The van der Waals surface area contributed by atoms with E-state index >= 15 is 0 Å². The standard InChI is InChI=1S/C40H78O4/c1-5-9-11-13-15-17-19-21-23-25-27-29-31-34-39(41)43-36-37(8-4)38(33-7-3)44-40(42)35-32-30-28-26-24-22-20-18-16-14-12-10-6-2/h37-38H,5-36H2,1-4H3/t37-,38-/m0/s1. The normalized spacial score (nSPS) is 12.7. The summed E-state index contributed by atoms with van der Waals surface area (Å²) in [5, 5.41) is 0. The molecule has 0 saturated heterocycles. The topological polar surface area (TPSA) is 52.6 Å². The number of rotatable bonds is 35. The van der Waals surface area contributed by atoms with E-state index < -0.39 is 0 Å². The van der Waals surface area contributed by atoms with E-state index in [0.717, 1.165) is 44.9 Å². The van der Waals surface area contributed by atoms with Gasteiger partial charge in [0.05, 0.1) is 6.61 Å². The number of hydrogen-bond acceptors (Lipinski definition) is 4. The van der Waals surface area contributed by atoms with Gasteiger partial charge in [0.2, 0.25) is 0 Å². The van der Waals surface area contributed by atoms with Gasteiger partial charge in [-0.2, -0.15) is 0 Å². The highest BCUT2D eigenvalue weighted by Crippen LogP contribution is 2.21. The molecule has 0 bridgehead atoms. The highest BCUT2D eigenvalue weighted by molar-refractivity contribution is 5.70. The van der Waals surface area contributed by atoms with Crippen molar-refractivity contribution in [3.8, 4) is 0 Å². The fourth-order valence-corrected chi connectivity index (χ4v) is 6.24. The molecule has 4 heteroatoms. The minimum Gasteiger partial charge on any atom is -0.465 e. The summed E-state index contributed by atoms with van der Waals surface area (Å²) in [4.78, 5) is 25.0. The second kappa shape index (κ2) is 34.8. The van der Waals surface area contributed by atoms with Crippen LogP contribution in [-0.2, 0) is 19.1 Å².